The lowest BCUT2D eigenvalue weighted by Crippen LogP contribution is -2.38. The van der Waals surface area contributed by atoms with Crippen LogP contribution in [0.15, 0.2) is 57.7 Å². The highest BCUT2D eigenvalue weighted by atomic mass is 35.5. The molecule has 0 radical (unpaired) electrons. The van der Waals surface area contributed by atoms with Gasteiger partial charge in [-0.05, 0) is 61.7 Å². The first-order chi connectivity index (χ1) is 13.6. The smallest absolute Gasteiger partial charge is 0.260 e. The molecule has 1 aliphatic rings. The van der Waals surface area contributed by atoms with Gasteiger partial charge >= 0.3 is 0 Å². The van der Waals surface area contributed by atoms with Gasteiger partial charge in [0.1, 0.15) is 17.1 Å². The molecule has 4 rings (SSSR count). The molecule has 0 saturated carbocycles. The maximum absolute atomic E-state index is 12.6. The van der Waals surface area contributed by atoms with Gasteiger partial charge in [-0.1, -0.05) is 11.6 Å². The highest BCUT2D eigenvalue weighted by Gasteiger charge is 2.17. The molecule has 0 bridgehead atoms. The fourth-order valence-electron chi connectivity index (χ4n) is 3.36. The summed E-state index contributed by atoms with van der Waals surface area (Å²) in [6, 6.07) is 13.6. The second-order valence-electron chi connectivity index (χ2n) is 6.87. The molecule has 144 valence electrons. The maximum atomic E-state index is 12.6. The summed E-state index contributed by atoms with van der Waals surface area (Å²) in [7, 11) is 0. The highest BCUT2D eigenvalue weighted by Crippen LogP contribution is 2.25. The molecule has 0 unspecified atom stereocenters. The molecule has 1 saturated heterocycles. The van der Waals surface area contributed by atoms with E-state index in [4.69, 9.17) is 20.8 Å². The topological polar surface area (TPSA) is 59.8 Å². The van der Waals surface area contributed by atoms with Crippen molar-refractivity contribution in [3.05, 3.63) is 63.8 Å². The van der Waals surface area contributed by atoms with Crippen LogP contribution in [0.2, 0.25) is 5.02 Å². The number of ether oxygens (including phenoxy) is 1. The maximum Gasteiger partial charge on any atom is 0.260 e. The van der Waals surface area contributed by atoms with Crippen LogP contribution in [0, 0.1) is 0 Å². The molecule has 3 aromatic rings. The minimum Gasteiger partial charge on any atom is -0.484 e. The van der Waals surface area contributed by atoms with Crippen LogP contribution in [-0.4, -0.2) is 30.5 Å². The van der Waals surface area contributed by atoms with Gasteiger partial charge in [0.15, 0.2) is 12.0 Å². The Hall–Kier alpha value is -2.79. The number of likely N-dealkylation sites (tertiary alicyclic amines) is 1. The van der Waals surface area contributed by atoms with Gasteiger partial charge in [0.05, 0.1) is 5.39 Å². The van der Waals surface area contributed by atoms with E-state index in [0.717, 1.165) is 31.5 Å². The Morgan fingerprint density at radius 1 is 1.04 bits per heavy atom. The van der Waals surface area contributed by atoms with Crippen LogP contribution < -0.4 is 10.2 Å². The van der Waals surface area contributed by atoms with Crippen molar-refractivity contribution in [1.82, 2.24) is 4.90 Å². The van der Waals surface area contributed by atoms with Crippen molar-refractivity contribution >= 4 is 28.5 Å². The Bertz CT molecular complexity index is 1050. The van der Waals surface area contributed by atoms with E-state index in [9.17, 15) is 9.59 Å². The van der Waals surface area contributed by atoms with Crippen molar-refractivity contribution in [1.29, 1.82) is 0 Å². The average molecular weight is 398 g/mol. The van der Waals surface area contributed by atoms with E-state index in [1.165, 1.54) is 12.5 Å². The zero-order valence-electron chi connectivity index (χ0n) is 15.3. The van der Waals surface area contributed by atoms with E-state index in [1.807, 2.05) is 4.90 Å². The summed E-state index contributed by atoms with van der Waals surface area (Å²) in [5.74, 6) is 0.928. The lowest BCUT2D eigenvalue weighted by atomic mass is 10.1. The molecule has 28 heavy (non-hydrogen) atoms. The molecule has 2 aromatic carbocycles. The van der Waals surface area contributed by atoms with Gasteiger partial charge in [0.2, 0.25) is 0 Å². The van der Waals surface area contributed by atoms with Crippen LogP contribution in [0.1, 0.15) is 19.3 Å². The molecule has 1 amide bonds. The van der Waals surface area contributed by atoms with Crippen LogP contribution in [0.25, 0.3) is 22.3 Å². The number of hydrogen-bond donors (Lipinski definition) is 0. The lowest BCUT2D eigenvalue weighted by molar-refractivity contribution is -0.134. The summed E-state index contributed by atoms with van der Waals surface area (Å²) in [5, 5.41) is 1.04. The first-order valence-corrected chi connectivity index (χ1v) is 9.72. The summed E-state index contributed by atoms with van der Waals surface area (Å²) in [6.07, 6.45) is 3.25. The van der Waals surface area contributed by atoms with Crippen molar-refractivity contribution in [3.63, 3.8) is 0 Å². The second kappa shape index (κ2) is 8.07. The lowest BCUT2D eigenvalue weighted by Gasteiger charge is -2.26. The third-order valence-corrected chi connectivity index (χ3v) is 5.15. The molecule has 6 heteroatoms. The van der Waals surface area contributed by atoms with Gasteiger partial charge in [-0.2, -0.15) is 0 Å². The van der Waals surface area contributed by atoms with Gasteiger partial charge < -0.3 is 14.1 Å². The minimum absolute atomic E-state index is 0.0232. The summed E-state index contributed by atoms with van der Waals surface area (Å²) >= 11 is 5.91. The van der Waals surface area contributed by atoms with Gasteiger partial charge in [-0.3, -0.25) is 9.59 Å². The third-order valence-electron chi connectivity index (χ3n) is 4.90. The van der Waals surface area contributed by atoms with Crippen molar-refractivity contribution < 1.29 is 13.9 Å². The molecule has 0 N–H and O–H groups in total. The van der Waals surface area contributed by atoms with Crippen molar-refractivity contribution in [2.45, 2.75) is 19.3 Å². The molecule has 5 nitrogen and oxygen atoms in total. The SMILES string of the molecule is O=C(COc1ccc2oc(-c3ccc(Cl)cc3)cc(=O)c2c1)N1CCCCC1. The molecule has 1 aliphatic heterocycles. The van der Waals surface area contributed by atoms with E-state index >= 15 is 0 Å². The highest BCUT2D eigenvalue weighted by molar-refractivity contribution is 6.30. The van der Waals surface area contributed by atoms with E-state index in [-0.39, 0.29) is 17.9 Å². The molecular formula is C22H20ClNO4. The number of fused-ring (bicyclic) bond motifs is 1. The van der Waals surface area contributed by atoms with Crippen molar-refractivity contribution in [2.75, 3.05) is 19.7 Å². The number of carbonyl (C=O) groups excluding carboxylic acids is 1. The first kappa shape index (κ1) is 18.6. The molecular weight excluding hydrogens is 378 g/mol. The van der Waals surface area contributed by atoms with Crippen LogP contribution in [0.4, 0.5) is 0 Å². The van der Waals surface area contributed by atoms with Gasteiger partial charge in [0.25, 0.3) is 5.91 Å². The third kappa shape index (κ3) is 4.04. The zero-order chi connectivity index (χ0) is 19.5. The Morgan fingerprint density at radius 3 is 2.54 bits per heavy atom. The number of amides is 1. The standard InChI is InChI=1S/C22H20ClNO4/c23-16-6-4-15(5-7-16)21-13-19(25)18-12-17(8-9-20(18)28-21)27-14-22(26)24-10-2-1-3-11-24/h4-9,12-13H,1-3,10-11,14H2. The van der Waals surface area contributed by atoms with E-state index in [0.29, 0.717) is 27.5 Å². The van der Waals surface area contributed by atoms with Crippen molar-refractivity contribution in [3.8, 4) is 17.1 Å². The normalized spacial score (nSPS) is 14.2. The number of rotatable bonds is 4. The Morgan fingerprint density at radius 2 is 1.79 bits per heavy atom. The second-order valence-corrected chi connectivity index (χ2v) is 7.31. The van der Waals surface area contributed by atoms with E-state index < -0.39 is 0 Å². The molecule has 0 aliphatic carbocycles. The number of piperidine rings is 1. The fourth-order valence-corrected chi connectivity index (χ4v) is 3.49. The Balaban J connectivity index is 1.53. The molecule has 0 spiro atoms. The molecule has 1 fully saturated rings. The molecule has 1 aromatic heterocycles. The largest absolute Gasteiger partial charge is 0.484 e. The van der Waals surface area contributed by atoms with Crippen molar-refractivity contribution in [2.24, 2.45) is 0 Å². The van der Waals surface area contributed by atoms with Gasteiger partial charge in [0, 0.05) is 29.7 Å². The minimum atomic E-state index is -0.168. The fraction of sp³-hybridized carbons (Fsp3) is 0.273. The van der Waals surface area contributed by atoms with E-state index in [1.54, 1.807) is 42.5 Å². The van der Waals surface area contributed by atoms with Gasteiger partial charge in [-0.15, -0.1) is 0 Å². The predicted octanol–water partition coefficient (Wildman–Crippen LogP) is 4.50. The monoisotopic (exact) mass is 397 g/mol. The quantitative estimate of drug-likeness (QED) is 0.650. The number of halogens is 1. The van der Waals surface area contributed by atoms with Crippen LogP contribution >= 0.6 is 11.6 Å². The number of hydrogen-bond acceptors (Lipinski definition) is 4. The number of benzene rings is 2. The van der Waals surface area contributed by atoms with Crippen LogP contribution in [-0.2, 0) is 4.79 Å². The summed E-state index contributed by atoms with van der Waals surface area (Å²) in [4.78, 5) is 26.6. The Kier molecular flexibility index (Phi) is 5.35. The molecule has 2 heterocycles. The summed E-state index contributed by atoms with van der Waals surface area (Å²) < 4.78 is 11.5. The summed E-state index contributed by atoms with van der Waals surface area (Å²) in [6.45, 7) is 1.55. The van der Waals surface area contributed by atoms with Crippen LogP contribution in [0.5, 0.6) is 5.75 Å². The predicted molar refractivity (Wildman–Crippen MR) is 109 cm³/mol. The van der Waals surface area contributed by atoms with Crippen LogP contribution in [0.3, 0.4) is 0 Å². The average Bonchev–Trinajstić information content (AvgIpc) is 2.73. The number of nitrogens with zero attached hydrogens (tertiary/aromatic N) is 1. The van der Waals surface area contributed by atoms with E-state index in [2.05, 4.69) is 0 Å². The Labute approximate surface area is 167 Å². The first-order valence-electron chi connectivity index (χ1n) is 9.34. The summed E-state index contributed by atoms with van der Waals surface area (Å²) in [5.41, 5.74) is 1.07. The zero-order valence-corrected chi connectivity index (χ0v) is 16.1. The van der Waals surface area contributed by atoms with Gasteiger partial charge in [-0.25, -0.2) is 0 Å². The molecule has 0 atom stereocenters. The number of carbonyl (C=O) groups is 1.